The number of hydrogen-bond donors (Lipinski definition) is 1. The summed E-state index contributed by atoms with van der Waals surface area (Å²) in [6, 6.07) is 0.0269. The minimum atomic E-state index is 0.0269. The van der Waals surface area contributed by atoms with E-state index in [9.17, 15) is 4.79 Å². The lowest BCUT2D eigenvalue weighted by atomic mass is 10.1. The summed E-state index contributed by atoms with van der Waals surface area (Å²) in [7, 11) is 0. The van der Waals surface area contributed by atoms with Crippen LogP contribution in [-0.4, -0.2) is 30.1 Å². The van der Waals surface area contributed by atoms with Gasteiger partial charge in [0.25, 0.3) is 0 Å². The van der Waals surface area contributed by atoms with Crippen molar-refractivity contribution < 1.29 is 4.79 Å². The van der Waals surface area contributed by atoms with Crippen molar-refractivity contribution in [2.45, 2.75) is 39.7 Å². The van der Waals surface area contributed by atoms with Crippen molar-refractivity contribution in [2.24, 2.45) is 5.92 Å². The van der Waals surface area contributed by atoms with Gasteiger partial charge in [-0.2, -0.15) is 0 Å². The largest absolute Gasteiger partial charge is 0.329 e. The van der Waals surface area contributed by atoms with E-state index in [1.165, 1.54) is 6.42 Å². The highest BCUT2D eigenvalue weighted by atomic mass is 16.2. The molecule has 3 heteroatoms. The molecule has 1 N–H and O–H groups in total. The fourth-order valence-electron chi connectivity index (χ4n) is 1.57. The molecule has 1 amide bonds. The monoisotopic (exact) mass is 184 g/mol. The average molecular weight is 184 g/mol. The number of rotatable bonds is 4. The molecule has 0 aromatic rings. The normalized spacial score (nSPS) is 23.2. The summed E-state index contributed by atoms with van der Waals surface area (Å²) in [5.74, 6) is 0.992. The molecule has 1 unspecified atom stereocenters. The molecule has 0 aromatic carbocycles. The molecule has 0 aliphatic carbocycles. The van der Waals surface area contributed by atoms with Gasteiger partial charge in [-0.05, 0) is 25.7 Å². The van der Waals surface area contributed by atoms with Gasteiger partial charge in [0.1, 0.15) is 0 Å². The van der Waals surface area contributed by atoms with Crippen LogP contribution in [0.15, 0.2) is 0 Å². The van der Waals surface area contributed by atoms with Gasteiger partial charge in [-0.3, -0.25) is 10.1 Å². The molecule has 13 heavy (non-hydrogen) atoms. The molecule has 1 fully saturated rings. The summed E-state index contributed by atoms with van der Waals surface area (Å²) in [6.45, 7) is 8.00. The third-order valence-electron chi connectivity index (χ3n) is 2.48. The molecular weight excluding hydrogens is 164 g/mol. The first kappa shape index (κ1) is 10.5. The highest BCUT2D eigenvalue weighted by Crippen LogP contribution is 2.08. The van der Waals surface area contributed by atoms with Crippen molar-refractivity contribution in [2.75, 3.05) is 13.2 Å². The van der Waals surface area contributed by atoms with E-state index in [0.717, 1.165) is 25.6 Å². The van der Waals surface area contributed by atoms with Crippen molar-refractivity contribution in [1.29, 1.82) is 0 Å². The fraction of sp³-hybridized carbons (Fsp3) is 0.900. The van der Waals surface area contributed by atoms with E-state index >= 15 is 0 Å². The zero-order chi connectivity index (χ0) is 9.84. The van der Waals surface area contributed by atoms with Crippen molar-refractivity contribution in [3.63, 3.8) is 0 Å². The van der Waals surface area contributed by atoms with Gasteiger partial charge < -0.3 is 4.90 Å². The Morgan fingerprint density at radius 2 is 2.31 bits per heavy atom. The Balaban J connectivity index is 2.19. The SMILES string of the molecule is CC(C)CCCN1CNC(C)C1=O. The Hall–Kier alpha value is -0.570. The van der Waals surface area contributed by atoms with Crippen LogP contribution in [0.4, 0.5) is 0 Å². The van der Waals surface area contributed by atoms with Crippen LogP contribution in [-0.2, 0) is 4.79 Å². The highest BCUT2D eigenvalue weighted by molar-refractivity contribution is 5.83. The first-order valence-corrected chi connectivity index (χ1v) is 5.13. The molecule has 0 radical (unpaired) electrons. The molecule has 1 atom stereocenters. The van der Waals surface area contributed by atoms with Gasteiger partial charge in [0.05, 0.1) is 12.7 Å². The van der Waals surface area contributed by atoms with Crippen LogP contribution in [0.2, 0.25) is 0 Å². The van der Waals surface area contributed by atoms with Crippen LogP contribution < -0.4 is 5.32 Å². The Morgan fingerprint density at radius 3 is 2.77 bits per heavy atom. The lowest BCUT2D eigenvalue weighted by Gasteiger charge is -2.15. The summed E-state index contributed by atoms with van der Waals surface area (Å²) in [5.41, 5.74) is 0. The van der Waals surface area contributed by atoms with Crippen molar-refractivity contribution in [3.05, 3.63) is 0 Å². The minimum Gasteiger partial charge on any atom is -0.329 e. The standard InChI is InChI=1S/C10H20N2O/c1-8(2)5-4-6-12-7-11-9(3)10(12)13/h8-9,11H,4-7H2,1-3H3. The molecule has 0 spiro atoms. The molecule has 3 nitrogen and oxygen atoms in total. The first-order valence-electron chi connectivity index (χ1n) is 5.13. The number of nitrogens with one attached hydrogen (secondary N) is 1. The van der Waals surface area contributed by atoms with Gasteiger partial charge in [0, 0.05) is 6.54 Å². The molecule has 1 rings (SSSR count). The van der Waals surface area contributed by atoms with Gasteiger partial charge >= 0.3 is 0 Å². The Labute approximate surface area is 80.5 Å². The maximum absolute atomic E-state index is 11.4. The number of nitrogens with zero attached hydrogens (tertiary/aromatic N) is 1. The predicted molar refractivity (Wildman–Crippen MR) is 53.2 cm³/mol. The molecule has 1 aliphatic rings. The van der Waals surface area contributed by atoms with Gasteiger partial charge in [-0.25, -0.2) is 0 Å². The molecule has 0 aromatic heterocycles. The van der Waals surface area contributed by atoms with Crippen LogP contribution in [0.3, 0.4) is 0 Å². The third-order valence-corrected chi connectivity index (χ3v) is 2.48. The van der Waals surface area contributed by atoms with Gasteiger partial charge in [0.15, 0.2) is 0 Å². The molecular formula is C10H20N2O. The van der Waals surface area contributed by atoms with Gasteiger partial charge in [0.2, 0.25) is 5.91 Å². The van der Waals surface area contributed by atoms with Gasteiger partial charge in [-0.1, -0.05) is 13.8 Å². The molecule has 1 heterocycles. The summed E-state index contributed by atoms with van der Waals surface area (Å²) in [5, 5.41) is 3.13. The Morgan fingerprint density at radius 1 is 1.62 bits per heavy atom. The van der Waals surface area contributed by atoms with E-state index < -0.39 is 0 Å². The maximum atomic E-state index is 11.4. The quantitative estimate of drug-likeness (QED) is 0.712. The highest BCUT2D eigenvalue weighted by Gasteiger charge is 2.26. The second-order valence-electron chi connectivity index (χ2n) is 4.22. The molecule has 76 valence electrons. The van der Waals surface area contributed by atoms with Gasteiger partial charge in [-0.15, -0.1) is 0 Å². The third kappa shape index (κ3) is 2.99. The van der Waals surface area contributed by atoms with E-state index in [-0.39, 0.29) is 11.9 Å². The van der Waals surface area contributed by atoms with E-state index in [2.05, 4.69) is 19.2 Å². The van der Waals surface area contributed by atoms with Crippen molar-refractivity contribution in [3.8, 4) is 0 Å². The number of carbonyl (C=O) groups is 1. The second kappa shape index (κ2) is 4.61. The van der Waals surface area contributed by atoms with E-state index in [1.54, 1.807) is 0 Å². The van der Waals surface area contributed by atoms with Crippen molar-refractivity contribution in [1.82, 2.24) is 10.2 Å². The molecule has 1 saturated heterocycles. The molecule has 0 saturated carbocycles. The van der Waals surface area contributed by atoms with Crippen LogP contribution in [0.1, 0.15) is 33.6 Å². The summed E-state index contributed by atoms with van der Waals surface area (Å²) < 4.78 is 0. The zero-order valence-electron chi connectivity index (χ0n) is 8.84. The van der Waals surface area contributed by atoms with Crippen LogP contribution >= 0.6 is 0 Å². The number of amides is 1. The molecule has 0 bridgehead atoms. The lowest BCUT2D eigenvalue weighted by Crippen LogP contribution is -2.29. The maximum Gasteiger partial charge on any atom is 0.240 e. The fourth-order valence-corrected chi connectivity index (χ4v) is 1.57. The Bertz CT molecular complexity index is 180. The summed E-state index contributed by atoms with van der Waals surface area (Å²) in [4.78, 5) is 13.4. The van der Waals surface area contributed by atoms with Crippen LogP contribution in [0.25, 0.3) is 0 Å². The predicted octanol–water partition coefficient (Wildman–Crippen LogP) is 1.20. The van der Waals surface area contributed by atoms with E-state index in [0.29, 0.717) is 0 Å². The summed E-state index contributed by atoms with van der Waals surface area (Å²) in [6.07, 6.45) is 2.33. The Kier molecular flexibility index (Phi) is 3.72. The lowest BCUT2D eigenvalue weighted by molar-refractivity contribution is -0.128. The topological polar surface area (TPSA) is 32.3 Å². The first-order chi connectivity index (χ1) is 6.11. The van der Waals surface area contributed by atoms with E-state index in [4.69, 9.17) is 0 Å². The smallest absolute Gasteiger partial charge is 0.240 e. The molecule has 1 aliphatic heterocycles. The average Bonchev–Trinajstić information content (AvgIpc) is 2.35. The number of hydrogen-bond acceptors (Lipinski definition) is 2. The minimum absolute atomic E-state index is 0.0269. The number of carbonyl (C=O) groups excluding carboxylic acids is 1. The zero-order valence-corrected chi connectivity index (χ0v) is 8.84. The van der Waals surface area contributed by atoms with Crippen molar-refractivity contribution >= 4 is 5.91 Å². The van der Waals surface area contributed by atoms with E-state index in [1.807, 2.05) is 11.8 Å². The summed E-state index contributed by atoms with van der Waals surface area (Å²) >= 11 is 0. The van der Waals surface area contributed by atoms with Crippen LogP contribution in [0, 0.1) is 5.92 Å². The van der Waals surface area contributed by atoms with Crippen LogP contribution in [0.5, 0.6) is 0 Å². The second-order valence-corrected chi connectivity index (χ2v) is 4.22.